The molecule has 1 aromatic carbocycles. The Balaban J connectivity index is 2.09. The zero-order valence-corrected chi connectivity index (χ0v) is 12.4. The van der Waals surface area contributed by atoms with E-state index in [2.05, 4.69) is 4.98 Å². The Bertz CT molecular complexity index is 652. The van der Waals surface area contributed by atoms with Crippen molar-refractivity contribution in [2.24, 2.45) is 0 Å². The summed E-state index contributed by atoms with van der Waals surface area (Å²) in [6, 6.07) is 5.15. The molecule has 3 N–H and O–H groups in total. The van der Waals surface area contributed by atoms with Gasteiger partial charge in [-0.2, -0.15) is 0 Å². The first-order chi connectivity index (χ1) is 10.0. The fourth-order valence-corrected chi connectivity index (χ4v) is 2.80. The van der Waals surface area contributed by atoms with Crippen molar-refractivity contribution in [1.29, 1.82) is 0 Å². The SMILES string of the molecule is CC(=O)SCCC(O)C(O)c1ccc2c(C=O)c[nH]c2c1. The Labute approximate surface area is 126 Å². The molecule has 0 spiro atoms. The lowest BCUT2D eigenvalue weighted by atomic mass is 10.0. The number of aromatic nitrogens is 1. The standard InChI is InChI=1S/C15H17NO4S/c1-9(18)21-5-4-14(19)15(20)10-2-3-12-11(8-17)7-16-13(12)6-10/h2-3,6-8,14-16,19-20H,4-5H2,1H3. The molecule has 2 atom stereocenters. The maximum Gasteiger partial charge on any atom is 0.185 e. The van der Waals surface area contributed by atoms with Crippen molar-refractivity contribution in [3.63, 3.8) is 0 Å². The summed E-state index contributed by atoms with van der Waals surface area (Å²) in [4.78, 5) is 24.6. The van der Waals surface area contributed by atoms with E-state index < -0.39 is 12.2 Å². The summed E-state index contributed by atoms with van der Waals surface area (Å²) in [5.74, 6) is 0.466. The van der Waals surface area contributed by atoms with E-state index in [9.17, 15) is 19.8 Å². The minimum Gasteiger partial charge on any atom is -0.390 e. The number of hydrogen-bond acceptors (Lipinski definition) is 5. The molecule has 0 saturated carbocycles. The zero-order chi connectivity index (χ0) is 15.4. The van der Waals surface area contributed by atoms with Crippen LogP contribution in [-0.4, -0.2) is 38.5 Å². The normalized spacial score (nSPS) is 14.0. The van der Waals surface area contributed by atoms with E-state index in [1.54, 1.807) is 24.4 Å². The van der Waals surface area contributed by atoms with E-state index in [0.717, 1.165) is 29.0 Å². The molecule has 21 heavy (non-hydrogen) atoms. The Morgan fingerprint density at radius 3 is 2.86 bits per heavy atom. The number of H-pyrrole nitrogens is 1. The van der Waals surface area contributed by atoms with Gasteiger partial charge < -0.3 is 15.2 Å². The lowest BCUT2D eigenvalue weighted by Crippen LogP contribution is -2.19. The maximum absolute atomic E-state index is 10.8. The van der Waals surface area contributed by atoms with Gasteiger partial charge in [0.15, 0.2) is 11.4 Å². The number of aldehydes is 1. The molecule has 1 aromatic heterocycles. The van der Waals surface area contributed by atoms with E-state index in [1.165, 1.54) is 6.92 Å². The van der Waals surface area contributed by atoms with Gasteiger partial charge in [0.2, 0.25) is 0 Å². The van der Waals surface area contributed by atoms with Crippen molar-refractivity contribution >= 4 is 34.1 Å². The average Bonchev–Trinajstić information content (AvgIpc) is 2.88. The van der Waals surface area contributed by atoms with Crippen LogP contribution in [0.15, 0.2) is 24.4 Å². The number of rotatable bonds is 6. The van der Waals surface area contributed by atoms with Crippen LogP contribution in [0.25, 0.3) is 10.9 Å². The third-order valence-corrected chi connectivity index (χ3v) is 4.14. The fourth-order valence-electron chi connectivity index (χ4n) is 2.15. The second-order valence-electron chi connectivity index (χ2n) is 4.81. The molecule has 112 valence electrons. The lowest BCUT2D eigenvalue weighted by molar-refractivity contribution is -0.109. The molecule has 0 aliphatic rings. The number of hydrogen-bond donors (Lipinski definition) is 3. The molecule has 1 heterocycles. The van der Waals surface area contributed by atoms with Crippen LogP contribution >= 0.6 is 11.8 Å². The van der Waals surface area contributed by atoms with Gasteiger partial charge in [-0.05, 0) is 18.1 Å². The summed E-state index contributed by atoms with van der Waals surface area (Å²) in [5.41, 5.74) is 1.87. The molecule has 5 nitrogen and oxygen atoms in total. The molecule has 6 heteroatoms. The van der Waals surface area contributed by atoms with Crippen LogP contribution in [0.4, 0.5) is 0 Å². The summed E-state index contributed by atoms with van der Waals surface area (Å²) >= 11 is 1.13. The Morgan fingerprint density at radius 2 is 2.19 bits per heavy atom. The smallest absolute Gasteiger partial charge is 0.185 e. The molecule has 0 aliphatic carbocycles. The number of carbonyl (C=O) groups excluding carboxylic acids is 2. The fraction of sp³-hybridized carbons (Fsp3) is 0.333. The first-order valence-corrected chi connectivity index (χ1v) is 7.57. The largest absolute Gasteiger partial charge is 0.390 e. The predicted molar refractivity (Wildman–Crippen MR) is 82.4 cm³/mol. The van der Waals surface area contributed by atoms with Crippen molar-refractivity contribution < 1.29 is 19.8 Å². The number of fused-ring (bicyclic) bond motifs is 1. The topological polar surface area (TPSA) is 90.4 Å². The minimum absolute atomic E-state index is 0.00844. The number of carbonyl (C=O) groups is 2. The predicted octanol–water partition coefficient (Wildman–Crippen LogP) is 2.04. The molecule has 0 saturated heterocycles. The molecular formula is C15H17NO4S. The number of nitrogens with one attached hydrogen (secondary N) is 1. The summed E-state index contributed by atoms with van der Waals surface area (Å²) in [7, 11) is 0. The Hall–Kier alpha value is -1.63. The summed E-state index contributed by atoms with van der Waals surface area (Å²) < 4.78 is 0. The number of aromatic amines is 1. The van der Waals surface area contributed by atoms with Crippen LogP contribution in [0.3, 0.4) is 0 Å². The maximum atomic E-state index is 10.8. The average molecular weight is 307 g/mol. The number of aliphatic hydroxyl groups is 2. The first-order valence-electron chi connectivity index (χ1n) is 6.58. The number of thioether (sulfide) groups is 1. The molecular weight excluding hydrogens is 290 g/mol. The molecule has 2 aromatic rings. The Kier molecular flexibility index (Phi) is 5.17. The van der Waals surface area contributed by atoms with Crippen molar-refractivity contribution in [2.45, 2.75) is 25.6 Å². The highest BCUT2D eigenvalue weighted by Crippen LogP contribution is 2.25. The third kappa shape index (κ3) is 3.72. The quantitative estimate of drug-likeness (QED) is 0.711. The molecule has 0 radical (unpaired) electrons. The number of aliphatic hydroxyl groups excluding tert-OH is 2. The van der Waals surface area contributed by atoms with Crippen LogP contribution in [0.2, 0.25) is 0 Å². The highest BCUT2D eigenvalue weighted by Gasteiger charge is 2.19. The van der Waals surface area contributed by atoms with Crippen molar-refractivity contribution in [1.82, 2.24) is 4.98 Å². The summed E-state index contributed by atoms with van der Waals surface area (Å²) in [6.07, 6.45) is 0.740. The minimum atomic E-state index is -1.02. The van der Waals surface area contributed by atoms with E-state index in [0.29, 0.717) is 23.3 Å². The molecule has 0 amide bonds. The molecule has 2 rings (SSSR count). The lowest BCUT2D eigenvalue weighted by Gasteiger charge is -2.18. The van der Waals surface area contributed by atoms with Gasteiger partial charge in [0, 0.05) is 35.3 Å². The highest BCUT2D eigenvalue weighted by atomic mass is 32.2. The van der Waals surface area contributed by atoms with Crippen LogP contribution in [-0.2, 0) is 4.79 Å². The molecule has 0 bridgehead atoms. The summed E-state index contributed by atoms with van der Waals surface area (Å²) in [6.45, 7) is 1.47. The molecule has 2 unspecified atom stereocenters. The first kappa shape index (κ1) is 15.8. The zero-order valence-electron chi connectivity index (χ0n) is 11.6. The van der Waals surface area contributed by atoms with Gasteiger partial charge in [0.1, 0.15) is 6.10 Å². The van der Waals surface area contributed by atoms with Crippen LogP contribution < -0.4 is 0 Å². The van der Waals surface area contributed by atoms with Crippen molar-refractivity contribution in [3.05, 3.63) is 35.5 Å². The van der Waals surface area contributed by atoms with Gasteiger partial charge in [-0.1, -0.05) is 23.9 Å². The molecule has 0 aliphatic heterocycles. The second-order valence-corrected chi connectivity index (χ2v) is 6.08. The van der Waals surface area contributed by atoms with E-state index in [4.69, 9.17) is 0 Å². The van der Waals surface area contributed by atoms with Crippen molar-refractivity contribution in [2.75, 3.05) is 5.75 Å². The van der Waals surface area contributed by atoms with Gasteiger partial charge in [-0.15, -0.1) is 0 Å². The highest BCUT2D eigenvalue weighted by molar-refractivity contribution is 8.13. The van der Waals surface area contributed by atoms with Crippen LogP contribution in [0.1, 0.15) is 35.4 Å². The van der Waals surface area contributed by atoms with Gasteiger partial charge in [-0.3, -0.25) is 9.59 Å². The monoisotopic (exact) mass is 307 g/mol. The van der Waals surface area contributed by atoms with Gasteiger partial charge in [-0.25, -0.2) is 0 Å². The summed E-state index contributed by atoms with van der Waals surface area (Å²) in [5, 5.41) is 20.9. The van der Waals surface area contributed by atoms with Crippen LogP contribution in [0.5, 0.6) is 0 Å². The second kappa shape index (κ2) is 6.89. The van der Waals surface area contributed by atoms with Gasteiger partial charge in [0.25, 0.3) is 0 Å². The van der Waals surface area contributed by atoms with Gasteiger partial charge in [0.05, 0.1) is 6.10 Å². The number of benzene rings is 1. The van der Waals surface area contributed by atoms with Gasteiger partial charge >= 0.3 is 0 Å². The van der Waals surface area contributed by atoms with E-state index in [-0.39, 0.29) is 5.12 Å². The third-order valence-electron chi connectivity index (χ3n) is 3.29. The van der Waals surface area contributed by atoms with E-state index >= 15 is 0 Å². The molecule has 0 fully saturated rings. The van der Waals surface area contributed by atoms with E-state index in [1.807, 2.05) is 0 Å². The van der Waals surface area contributed by atoms with Crippen molar-refractivity contribution in [3.8, 4) is 0 Å². The van der Waals surface area contributed by atoms with Crippen LogP contribution in [0, 0.1) is 0 Å². The Morgan fingerprint density at radius 1 is 1.43 bits per heavy atom.